The second-order valence-electron chi connectivity index (χ2n) is 3.78. The zero-order valence-electron chi connectivity index (χ0n) is 10.6. The number of ether oxygens (including phenoxy) is 1. The van der Waals surface area contributed by atoms with Crippen LogP contribution in [0.1, 0.15) is 20.3 Å². The predicted molar refractivity (Wildman–Crippen MR) is 71.6 cm³/mol. The minimum absolute atomic E-state index is 0.196. The van der Waals surface area contributed by atoms with Crippen molar-refractivity contribution in [2.45, 2.75) is 20.3 Å². The molecule has 1 rings (SSSR count). The third-order valence-electron chi connectivity index (χ3n) is 2.65. The Bertz CT molecular complexity index is 342. The van der Waals surface area contributed by atoms with Crippen molar-refractivity contribution in [3.05, 3.63) is 18.2 Å². The van der Waals surface area contributed by atoms with Gasteiger partial charge in [-0.2, -0.15) is 0 Å². The summed E-state index contributed by atoms with van der Waals surface area (Å²) in [5.41, 5.74) is 7.74. The molecule has 0 aromatic heterocycles. The summed E-state index contributed by atoms with van der Waals surface area (Å²) in [7, 11) is 0. The van der Waals surface area contributed by atoms with Crippen LogP contribution in [0.25, 0.3) is 0 Å². The van der Waals surface area contributed by atoms with Gasteiger partial charge in [0.05, 0.1) is 18.0 Å². The normalized spacial score (nSPS) is 10.3. The lowest BCUT2D eigenvalue weighted by Gasteiger charge is -2.25. The molecule has 4 nitrogen and oxygen atoms in total. The Kier molecular flexibility index (Phi) is 5.63. The fourth-order valence-corrected chi connectivity index (χ4v) is 1.80. The van der Waals surface area contributed by atoms with Crippen LogP contribution in [0.3, 0.4) is 0 Å². The molecule has 0 saturated heterocycles. The van der Waals surface area contributed by atoms with E-state index in [1.807, 2.05) is 25.1 Å². The van der Waals surface area contributed by atoms with E-state index in [1.165, 1.54) is 0 Å². The van der Waals surface area contributed by atoms with Gasteiger partial charge < -0.3 is 20.5 Å². The molecular formula is C13H22N2O2. The number of anilines is 2. The number of para-hydroxylation sites is 1. The first kappa shape index (κ1) is 13.6. The fraction of sp³-hybridized carbons (Fsp3) is 0.538. The van der Waals surface area contributed by atoms with Crippen LogP contribution < -0.4 is 15.4 Å². The Morgan fingerprint density at radius 2 is 2.12 bits per heavy atom. The van der Waals surface area contributed by atoms with Crippen LogP contribution >= 0.6 is 0 Å². The van der Waals surface area contributed by atoms with E-state index in [0.717, 1.165) is 30.9 Å². The molecule has 0 atom stereocenters. The van der Waals surface area contributed by atoms with Gasteiger partial charge in [0.2, 0.25) is 0 Å². The van der Waals surface area contributed by atoms with Crippen molar-refractivity contribution < 1.29 is 9.84 Å². The molecule has 0 heterocycles. The number of hydrogen-bond acceptors (Lipinski definition) is 4. The lowest BCUT2D eigenvalue weighted by Crippen LogP contribution is -2.25. The number of rotatable bonds is 7. The average molecular weight is 238 g/mol. The predicted octanol–water partition coefficient (Wildman–Crippen LogP) is 1.88. The molecule has 0 radical (unpaired) electrons. The highest BCUT2D eigenvalue weighted by Crippen LogP contribution is 2.32. The second kappa shape index (κ2) is 7.01. The highest BCUT2D eigenvalue weighted by molar-refractivity contribution is 5.74. The van der Waals surface area contributed by atoms with Crippen LogP contribution in [0, 0.1) is 0 Å². The number of benzene rings is 1. The largest absolute Gasteiger partial charge is 0.492 e. The highest BCUT2D eigenvalue weighted by atomic mass is 16.5. The summed E-state index contributed by atoms with van der Waals surface area (Å²) >= 11 is 0. The molecule has 0 fully saturated rings. The summed E-state index contributed by atoms with van der Waals surface area (Å²) < 4.78 is 5.48. The second-order valence-corrected chi connectivity index (χ2v) is 3.78. The summed E-state index contributed by atoms with van der Waals surface area (Å²) in [6.45, 7) is 6.48. The van der Waals surface area contributed by atoms with Gasteiger partial charge in [0.1, 0.15) is 5.75 Å². The summed E-state index contributed by atoms with van der Waals surface area (Å²) in [5.74, 6) is 0.729. The van der Waals surface area contributed by atoms with E-state index in [-0.39, 0.29) is 6.61 Å². The van der Waals surface area contributed by atoms with Crippen LogP contribution in [-0.4, -0.2) is 31.4 Å². The lowest BCUT2D eigenvalue weighted by atomic mass is 10.2. The third-order valence-corrected chi connectivity index (χ3v) is 2.65. The molecule has 17 heavy (non-hydrogen) atoms. The molecule has 3 N–H and O–H groups in total. The number of nitrogen functional groups attached to an aromatic ring is 1. The third kappa shape index (κ3) is 3.53. The Labute approximate surface area is 103 Å². The van der Waals surface area contributed by atoms with Gasteiger partial charge in [-0.05, 0) is 32.4 Å². The maximum absolute atomic E-state index is 8.88. The minimum atomic E-state index is 0.196. The fourth-order valence-electron chi connectivity index (χ4n) is 1.80. The smallest absolute Gasteiger partial charge is 0.144 e. The van der Waals surface area contributed by atoms with E-state index in [9.17, 15) is 0 Å². The molecule has 96 valence electrons. The summed E-state index contributed by atoms with van der Waals surface area (Å²) in [6, 6.07) is 5.80. The molecule has 1 aromatic rings. The maximum Gasteiger partial charge on any atom is 0.144 e. The lowest BCUT2D eigenvalue weighted by molar-refractivity contribution is 0.289. The van der Waals surface area contributed by atoms with Gasteiger partial charge in [0.15, 0.2) is 0 Å². The van der Waals surface area contributed by atoms with E-state index >= 15 is 0 Å². The number of nitrogens with zero attached hydrogens (tertiary/aromatic N) is 1. The van der Waals surface area contributed by atoms with Gasteiger partial charge in [-0.25, -0.2) is 0 Å². The SMILES string of the molecule is CCOc1cccc(N(CC)CCCO)c1N. The summed E-state index contributed by atoms with van der Waals surface area (Å²) in [6.07, 6.45) is 0.742. The van der Waals surface area contributed by atoms with Gasteiger partial charge in [0, 0.05) is 19.7 Å². The van der Waals surface area contributed by atoms with Crippen molar-refractivity contribution in [2.75, 3.05) is 36.9 Å². The van der Waals surface area contributed by atoms with Crippen molar-refractivity contribution in [2.24, 2.45) is 0 Å². The van der Waals surface area contributed by atoms with E-state index in [4.69, 9.17) is 15.6 Å². The number of aliphatic hydroxyl groups is 1. The van der Waals surface area contributed by atoms with Gasteiger partial charge in [-0.15, -0.1) is 0 Å². The molecule has 0 aliphatic carbocycles. The number of nitrogens with two attached hydrogens (primary N) is 1. The topological polar surface area (TPSA) is 58.7 Å². The molecule has 0 saturated carbocycles. The van der Waals surface area contributed by atoms with Crippen molar-refractivity contribution in [3.8, 4) is 5.75 Å². The standard InChI is InChI=1S/C13H22N2O2/c1-3-15(9-6-10-16)11-7-5-8-12(13(11)14)17-4-2/h5,7-8,16H,3-4,6,9-10,14H2,1-2H3. The van der Waals surface area contributed by atoms with E-state index in [0.29, 0.717) is 12.3 Å². The number of aliphatic hydroxyl groups excluding tert-OH is 1. The molecule has 0 aliphatic rings. The molecule has 4 heteroatoms. The molecule has 0 bridgehead atoms. The van der Waals surface area contributed by atoms with Crippen LogP contribution in [0.4, 0.5) is 11.4 Å². The van der Waals surface area contributed by atoms with E-state index in [2.05, 4.69) is 11.8 Å². The van der Waals surface area contributed by atoms with Crippen molar-refractivity contribution >= 4 is 11.4 Å². The van der Waals surface area contributed by atoms with Crippen molar-refractivity contribution in [1.82, 2.24) is 0 Å². The van der Waals surface area contributed by atoms with Crippen LogP contribution in [0.2, 0.25) is 0 Å². The van der Waals surface area contributed by atoms with Crippen LogP contribution in [-0.2, 0) is 0 Å². The Balaban J connectivity index is 2.90. The summed E-state index contributed by atoms with van der Waals surface area (Å²) in [5, 5.41) is 8.88. The summed E-state index contributed by atoms with van der Waals surface area (Å²) in [4.78, 5) is 2.15. The molecule has 0 spiro atoms. The maximum atomic E-state index is 8.88. The number of hydrogen-bond donors (Lipinski definition) is 2. The first-order valence-corrected chi connectivity index (χ1v) is 6.11. The Hall–Kier alpha value is -1.42. The van der Waals surface area contributed by atoms with Crippen molar-refractivity contribution in [3.63, 3.8) is 0 Å². The Morgan fingerprint density at radius 1 is 1.35 bits per heavy atom. The quantitative estimate of drug-likeness (QED) is 0.712. The molecule has 1 aromatic carbocycles. The van der Waals surface area contributed by atoms with Gasteiger partial charge >= 0.3 is 0 Å². The molecule has 0 aliphatic heterocycles. The minimum Gasteiger partial charge on any atom is -0.492 e. The van der Waals surface area contributed by atoms with Crippen LogP contribution in [0.15, 0.2) is 18.2 Å². The van der Waals surface area contributed by atoms with Gasteiger partial charge in [0.25, 0.3) is 0 Å². The first-order valence-electron chi connectivity index (χ1n) is 6.11. The molecule has 0 unspecified atom stereocenters. The Morgan fingerprint density at radius 3 is 2.71 bits per heavy atom. The zero-order valence-corrected chi connectivity index (χ0v) is 10.6. The zero-order chi connectivity index (χ0) is 12.7. The van der Waals surface area contributed by atoms with Crippen LogP contribution in [0.5, 0.6) is 5.75 Å². The highest BCUT2D eigenvalue weighted by Gasteiger charge is 2.11. The molecular weight excluding hydrogens is 216 g/mol. The molecule has 0 amide bonds. The monoisotopic (exact) mass is 238 g/mol. The van der Waals surface area contributed by atoms with Gasteiger partial charge in [-0.3, -0.25) is 0 Å². The average Bonchev–Trinajstić information content (AvgIpc) is 2.34. The van der Waals surface area contributed by atoms with E-state index < -0.39 is 0 Å². The van der Waals surface area contributed by atoms with Gasteiger partial charge in [-0.1, -0.05) is 6.07 Å². The van der Waals surface area contributed by atoms with E-state index in [1.54, 1.807) is 0 Å². The van der Waals surface area contributed by atoms with Crippen molar-refractivity contribution in [1.29, 1.82) is 0 Å². The first-order chi connectivity index (χ1) is 8.24.